The lowest BCUT2D eigenvalue weighted by atomic mass is 10.2. The lowest BCUT2D eigenvalue weighted by Gasteiger charge is -2.07. The molecule has 0 spiro atoms. The number of carbonyl (C=O) groups is 2. The second kappa shape index (κ2) is 4.67. The van der Waals surface area contributed by atoms with Gasteiger partial charge in [-0.3, -0.25) is 9.59 Å². The van der Waals surface area contributed by atoms with E-state index in [-0.39, 0.29) is 0 Å². The number of aliphatic carboxylic acids is 1. The minimum absolute atomic E-state index is 0.488. The van der Waals surface area contributed by atoms with Gasteiger partial charge in [-0.2, -0.15) is 13.2 Å². The Morgan fingerprint density at radius 3 is 2.39 bits per heavy atom. The van der Waals surface area contributed by atoms with Crippen molar-refractivity contribution in [1.82, 2.24) is 10.5 Å². The average molecular weight is 266 g/mol. The summed E-state index contributed by atoms with van der Waals surface area (Å²) in [6.45, 7) is 2.18. The lowest BCUT2D eigenvalue weighted by Crippen LogP contribution is -2.38. The molecule has 1 rings (SSSR count). The minimum atomic E-state index is -4.76. The van der Waals surface area contributed by atoms with E-state index >= 15 is 0 Å². The largest absolute Gasteiger partial charge is 0.480 e. The van der Waals surface area contributed by atoms with Crippen LogP contribution in [0.15, 0.2) is 4.52 Å². The first-order chi connectivity index (χ1) is 8.14. The molecule has 9 heteroatoms. The van der Waals surface area contributed by atoms with Crippen LogP contribution in [0.2, 0.25) is 0 Å². The van der Waals surface area contributed by atoms with Gasteiger partial charge in [0.05, 0.1) is 0 Å². The standard InChI is InChI=1S/C9H9F3N2O4/c1-3-5(7(15)13-4(2)8(16)17)14-18-6(3)9(10,11)12/h4H,1-2H3,(H,13,15)(H,16,17). The average Bonchev–Trinajstić information content (AvgIpc) is 2.59. The molecule has 0 saturated heterocycles. The van der Waals surface area contributed by atoms with E-state index < -0.39 is 41.1 Å². The Balaban J connectivity index is 2.95. The summed E-state index contributed by atoms with van der Waals surface area (Å²) in [5, 5.41) is 13.5. The molecule has 0 aliphatic carbocycles. The third-order valence-electron chi connectivity index (χ3n) is 2.11. The molecule has 2 N–H and O–H groups in total. The van der Waals surface area contributed by atoms with Crippen LogP contribution in [-0.4, -0.2) is 28.2 Å². The van der Waals surface area contributed by atoms with Crippen molar-refractivity contribution in [2.75, 3.05) is 0 Å². The van der Waals surface area contributed by atoms with Gasteiger partial charge in [-0.1, -0.05) is 5.16 Å². The van der Waals surface area contributed by atoms with Crippen molar-refractivity contribution < 1.29 is 32.4 Å². The van der Waals surface area contributed by atoms with E-state index in [1.54, 1.807) is 0 Å². The Hall–Kier alpha value is -2.06. The zero-order chi connectivity index (χ0) is 14.1. The summed E-state index contributed by atoms with van der Waals surface area (Å²) in [6.07, 6.45) is -4.76. The molecule has 0 aliphatic rings. The highest BCUT2D eigenvalue weighted by molar-refractivity contribution is 5.96. The topological polar surface area (TPSA) is 92.4 Å². The molecule has 1 amide bonds. The predicted octanol–water partition coefficient (Wildman–Crippen LogP) is 1.20. The Morgan fingerprint density at radius 1 is 1.44 bits per heavy atom. The number of amides is 1. The van der Waals surface area contributed by atoms with Crippen LogP contribution < -0.4 is 5.32 Å². The highest BCUT2D eigenvalue weighted by Crippen LogP contribution is 2.32. The van der Waals surface area contributed by atoms with Gasteiger partial charge in [0, 0.05) is 5.56 Å². The molecule has 1 heterocycles. The van der Waals surface area contributed by atoms with Gasteiger partial charge in [0.25, 0.3) is 5.91 Å². The van der Waals surface area contributed by atoms with E-state index in [1.165, 1.54) is 6.92 Å². The van der Waals surface area contributed by atoms with Crippen LogP contribution in [0.1, 0.15) is 28.7 Å². The summed E-state index contributed by atoms with van der Waals surface area (Å²) in [7, 11) is 0. The first-order valence-electron chi connectivity index (χ1n) is 4.71. The van der Waals surface area contributed by atoms with E-state index in [2.05, 4.69) is 9.68 Å². The molecule has 1 aromatic heterocycles. The first kappa shape index (κ1) is 14.0. The summed E-state index contributed by atoms with van der Waals surface area (Å²) >= 11 is 0. The number of aromatic nitrogens is 1. The van der Waals surface area contributed by atoms with Crippen molar-refractivity contribution in [2.45, 2.75) is 26.1 Å². The summed E-state index contributed by atoms with van der Waals surface area (Å²) in [6, 6.07) is -1.25. The van der Waals surface area contributed by atoms with Crippen molar-refractivity contribution in [2.24, 2.45) is 0 Å². The van der Waals surface area contributed by atoms with Crippen LogP contribution in [0, 0.1) is 6.92 Å². The van der Waals surface area contributed by atoms with Gasteiger partial charge in [-0.25, -0.2) is 0 Å². The Bertz CT molecular complexity index is 481. The number of nitrogens with one attached hydrogen (secondary N) is 1. The molecule has 100 valence electrons. The van der Waals surface area contributed by atoms with Crippen LogP contribution in [0.25, 0.3) is 0 Å². The molecule has 0 saturated carbocycles. The number of carboxylic acid groups (broad SMARTS) is 1. The third-order valence-corrected chi connectivity index (χ3v) is 2.11. The van der Waals surface area contributed by atoms with Crippen LogP contribution in [0.3, 0.4) is 0 Å². The number of alkyl halides is 3. The van der Waals surface area contributed by atoms with E-state index in [4.69, 9.17) is 5.11 Å². The number of rotatable bonds is 3. The Kier molecular flexibility index (Phi) is 3.63. The molecule has 0 bridgehead atoms. The quantitative estimate of drug-likeness (QED) is 0.857. The molecular weight excluding hydrogens is 257 g/mol. The first-order valence-corrected chi connectivity index (χ1v) is 4.71. The van der Waals surface area contributed by atoms with Crippen LogP contribution in [0.4, 0.5) is 13.2 Å². The maximum atomic E-state index is 12.4. The smallest absolute Gasteiger partial charge is 0.452 e. The molecule has 0 fully saturated rings. The molecule has 0 aliphatic heterocycles. The fourth-order valence-corrected chi connectivity index (χ4v) is 1.14. The number of hydrogen-bond acceptors (Lipinski definition) is 4. The monoisotopic (exact) mass is 266 g/mol. The maximum absolute atomic E-state index is 12.4. The fraction of sp³-hybridized carbons (Fsp3) is 0.444. The maximum Gasteiger partial charge on any atom is 0.452 e. The lowest BCUT2D eigenvalue weighted by molar-refractivity contribution is -0.156. The highest BCUT2D eigenvalue weighted by atomic mass is 19.4. The summed E-state index contributed by atoms with van der Waals surface area (Å²) in [5.74, 6) is -3.74. The second-order valence-electron chi connectivity index (χ2n) is 3.52. The number of nitrogens with zero attached hydrogens (tertiary/aromatic N) is 1. The minimum Gasteiger partial charge on any atom is -0.480 e. The van der Waals surface area contributed by atoms with Crippen molar-refractivity contribution >= 4 is 11.9 Å². The SMILES string of the molecule is Cc1c(C(=O)NC(C)C(=O)O)noc1C(F)(F)F. The van der Waals surface area contributed by atoms with Crippen LogP contribution in [-0.2, 0) is 11.0 Å². The normalized spacial score (nSPS) is 13.2. The van der Waals surface area contributed by atoms with Crippen molar-refractivity contribution in [3.63, 3.8) is 0 Å². The molecule has 0 radical (unpaired) electrons. The molecular formula is C9H9F3N2O4. The van der Waals surface area contributed by atoms with Gasteiger partial charge in [0.2, 0.25) is 5.76 Å². The molecule has 1 atom stereocenters. The van der Waals surface area contributed by atoms with E-state index in [1.807, 2.05) is 5.32 Å². The molecule has 18 heavy (non-hydrogen) atoms. The van der Waals surface area contributed by atoms with Crippen molar-refractivity contribution in [3.8, 4) is 0 Å². The van der Waals surface area contributed by atoms with Gasteiger partial charge in [0.1, 0.15) is 6.04 Å². The molecule has 1 unspecified atom stereocenters. The fourth-order valence-electron chi connectivity index (χ4n) is 1.14. The van der Waals surface area contributed by atoms with E-state index in [0.717, 1.165) is 6.92 Å². The number of carbonyl (C=O) groups excluding carboxylic acids is 1. The molecule has 6 nitrogen and oxygen atoms in total. The summed E-state index contributed by atoms with van der Waals surface area (Å²) < 4.78 is 41.1. The number of carboxylic acids is 1. The van der Waals surface area contributed by atoms with Gasteiger partial charge in [-0.15, -0.1) is 0 Å². The van der Waals surface area contributed by atoms with Gasteiger partial charge in [0.15, 0.2) is 5.69 Å². The summed E-state index contributed by atoms with van der Waals surface area (Å²) in [4.78, 5) is 21.9. The van der Waals surface area contributed by atoms with Crippen molar-refractivity contribution in [3.05, 3.63) is 17.0 Å². The summed E-state index contributed by atoms with van der Waals surface area (Å²) in [5.41, 5.74) is -1.08. The highest BCUT2D eigenvalue weighted by Gasteiger charge is 2.40. The molecule has 1 aromatic rings. The Labute approximate surface area is 98.8 Å². The Morgan fingerprint density at radius 2 is 2.00 bits per heavy atom. The van der Waals surface area contributed by atoms with Crippen LogP contribution in [0.5, 0.6) is 0 Å². The van der Waals surface area contributed by atoms with E-state index in [9.17, 15) is 22.8 Å². The van der Waals surface area contributed by atoms with Gasteiger partial charge >= 0.3 is 12.1 Å². The zero-order valence-electron chi connectivity index (χ0n) is 9.33. The van der Waals surface area contributed by atoms with Gasteiger partial charge < -0.3 is 14.9 Å². The van der Waals surface area contributed by atoms with E-state index in [0.29, 0.717) is 0 Å². The predicted molar refractivity (Wildman–Crippen MR) is 50.8 cm³/mol. The second-order valence-corrected chi connectivity index (χ2v) is 3.52. The number of halogens is 3. The van der Waals surface area contributed by atoms with Crippen LogP contribution >= 0.6 is 0 Å². The molecule has 0 aromatic carbocycles. The van der Waals surface area contributed by atoms with Crippen molar-refractivity contribution in [1.29, 1.82) is 0 Å². The third kappa shape index (κ3) is 2.79. The van der Waals surface area contributed by atoms with Gasteiger partial charge in [-0.05, 0) is 13.8 Å². The zero-order valence-corrected chi connectivity index (χ0v) is 9.33. The number of hydrogen-bond donors (Lipinski definition) is 2.